The normalized spacial score (nSPS) is 48.7. The smallest absolute Gasteiger partial charge is 0.251 e. The molecule has 30 heavy (non-hydrogen) atoms. The first kappa shape index (κ1) is 23.0. The van der Waals surface area contributed by atoms with Crippen LogP contribution in [0.4, 0.5) is 8.78 Å². The molecule has 3 heteroatoms. The Morgan fingerprint density at radius 3 is 2.27 bits per heavy atom. The molecule has 0 saturated heterocycles. The molecular formula is C27H46F2O. The Bertz CT molecular complexity index is 618. The van der Waals surface area contributed by atoms with Gasteiger partial charge in [0.15, 0.2) is 0 Å². The Morgan fingerprint density at radius 1 is 0.900 bits per heavy atom. The standard InChI is InChI=1S/C27H46F2O/c1-17(2)7-6-8-18(3)21-9-10-22-24-23(12-14-26(21,22)5)25(4)13-11-20(30)15-19(25)16-27(24,28)29/h17-24,30H,6-16H2,1-5H3/t18-,19-,20+,21-,22+,23+,24+,25+,26-/m1/s1. The molecule has 174 valence electrons. The lowest BCUT2D eigenvalue weighted by atomic mass is 9.43. The van der Waals surface area contributed by atoms with Crippen LogP contribution in [0.3, 0.4) is 0 Å². The van der Waals surface area contributed by atoms with Crippen LogP contribution >= 0.6 is 0 Å². The Labute approximate surface area is 183 Å². The van der Waals surface area contributed by atoms with Gasteiger partial charge in [-0.1, -0.05) is 53.9 Å². The third-order valence-corrected chi connectivity index (χ3v) is 10.8. The molecule has 0 aromatic heterocycles. The summed E-state index contributed by atoms with van der Waals surface area (Å²) in [6.07, 6.45) is 10.1. The van der Waals surface area contributed by atoms with E-state index in [9.17, 15) is 5.11 Å². The van der Waals surface area contributed by atoms with Crippen LogP contribution in [0, 0.1) is 52.3 Å². The van der Waals surface area contributed by atoms with Gasteiger partial charge < -0.3 is 5.11 Å². The van der Waals surface area contributed by atoms with Crippen molar-refractivity contribution in [2.24, 2.45) is 52.3 Å². The van der Waals surface area contributed by atoms with Crippen molar-refractivity contribution in [1.82, 2.24) is 0 Å². The molecule has 1 nitrogen and oxygen atoms in total. The summed E-state index contributed by atoms with van der Waals surface area (Å²) in [6.45, 7) is 11.7. The van der Waals surface area contributed by atoms with E-state index in [-0.39, 0.29) is 41.1 Å². The van der Waals surface area contributed by atoms with Crippen molar-refractivity contribution in [2.45, 2.75) is 117 Å². The topological polar surface area (TPSA) is 20.2 Å². The fourth-order valence-electron chi connectivity index (χ4n) is 9.16. The van der Waals surface area contributed by atoms with Gasteiger partial charge in [-0.05, 0) is 91.3 Å². The maximum atomic E-state index is 15.8. The van der Waals surface area contributed by atoms with Gasteiger partial charge in [-0.2, -0.15) is 0 Å². The molecule has 0 radical (unpaired) electrons. The summed E-state index contributed by atoms with van der Waals surface area (Å²) < 4.78 is 31.5. The van der Waals surface area contributed by atoms with Gasteiger partial charge in [-0.25, -0.2) is 8.78 Å². The molecule has 0 heterocycles. The van der Waals surface area contributed by atoms with E-state index in [4.69, 9.17) is 0 Å². The van der Waals surface area contributed by atoms with E-state index in [1.54, 1.807) is 0 Å². The molecule has 1 N–H and O–H groups in total. The Morgan fingerprint density at radius 2 is 1.57 bits per heavy atom. The Kier molecular flexibility index (Phi) is 6.13. The average molecular weight is 425 g/mol. The molecular weight excluding hydrogens is 378 g/mol. The van der Waals surface area contributed by atoms with Crippen molar-refractivity contribution in [3.05, 3.63) is 0 Å². The van der Waals surface area contributed by atoms with Crippen LogP contribution in [0.15, 0.2) is 0 Å². The first-order valence-electron chi connectivity index (χ1n) is 13.0. The maximum absolute atomic E-state index is 15.8. The molecule has 0 aromatic rings. The highest BCUT2D eigenvalue weighted by Gasteiger charge is 2.68. The van der Waals surface area contributed by atoms with E-state index >= 15 is 8.78 Å². The lowest BCUT2D eigenvalue weighted by molar-refractivity contribution is -0.238. The van der Waals surface area contributed by atoms with E-state index in [2.05, 4.69) is 34.6 Å². The highest BCUT2D eigenvalue weighted by Crippen LogP contribution is 2.71. The number of aliphatic hydroxyl groups is 1. The van der Waals surface area contributed by atoms with E-state index in [1.165, 1.54) is 19.3 Å². The number of alkyl halides is 2. The van der Waals surface area contributed by atoms with Crippen LogP contribution in [-0.2, 0) is 0 Å². The number of hydrogen-bond donors (Lipinski definition) is 1. The largest absolute Gasteiger partial charge is 0.393 e. The minimum atomic E-state index is -2.56. The quantitative estimate of drug-likeness (QED) is 0.479. The predicted molar refractivity (Wildman–Crippen MR) is 119 cm³/mol. The maximum Gasteiger partial charge on any atom is 0.251 e. The zero-order valence-corrected chi connectivity index (χ0v) is 20.1. The third kappa shape index (κ3) is 3.67. The molecule has 4 rings (SSSR count). The number of rotatable bonds is 5. The third-order valence-electron chi connectivity index (χ3n) is 10.8. The van der Waals surface area contributed by atoms with Gasteiger partial charge in [0.2, 0.25) is 0 Å². The molecule has 0 amide bonds. The van der Waals surface area contributed by atoms with Gasteiger partial charge in [-0.15, -0.1) is 0 Å². The highest BCUT2D eigenvalue weighted by molar-refractivity contribution is 5.13. The van der Waals surface area contributed by atoms with E-state index in [0.29, 0.717) is 18.3 Å². The molecule has 0 aromatic carbocycles. The van der Waals surface area contributed by atoms with Crippen molar-refractivity contribution >= 4 is 0 Å². The zero-order valence-electron chi connectivity index (χ0n) is 20.1. The van der Waals surface area contributed by atoms with Gasteiger partial charge >= 0.3 is 0 Å². The zero-order chi connectivity index (χ0) is 21.9. The monoisotopic (exact) mass is 424 g/mol. The van der Waals surface area contributed by atoms with E-state index in [0.717, 1.165) is 44.4 Å². The summed E-state index contributed by atoms with van der Waals surface area (Å²) in [5.41, 5.74) is 0.104. The minimum absolute atomic E-state index is 0.00554. The van der Waals surface area contributed by atoms with Gasteiger partial charge in [-0.3, -0.25) is 0 Å². The first-order valence-corrected chi connectivity index (χ1v) is 13.0. The lowest BCUT2D eigenvalue weighted by Gasteiger charge is -2.63. The summed E-state index contributed by atoms with van der Waals surface area (Å²) >= 11 is 0. The van der Waals surface area contributed by atoms with E-state index < -0.39 is 11.8 Å². The van der Waals surface area contributed by atoms with Crippen LogP contribution in [0.2, 0.25) is 0 Å². The number of fused-ring (bicyclic) bond motifs is 5. The van der Waals surface area contributed by atoms with Gasteiger partial charge in [0.1, 0.15) is 0 Å². The van der Waals surface area contributed by atoms with Gasteiger partial charge in [0.25, 0.3) is 5.92 Å². The van der Waals surface area contributed by atoms with Crippen molar-refractivity contribution in [1.29, 1.82) is 0 Å². The summed E-state index contributed by atoms with van der Waals surface area (Å²) in [5, 5.41) is 10.2. The van der Waals surface area contributed by atoms with Crippen molar-refractivity contribution in [2.75, 3.05) is 0 Å². The fraction of sp³-hybridized carbons (Fsp3) is 1.00. The van der Waals surface area contributed by atoms with E-state index in [1.807, 2.05) is 0 Å². The van der Waals surface area contributed by atoms with Crippen molar-refractivity contribution in [3.63, 3.8) is 0 Å². The molecule has 4 fully saturated rings. The molecule has 9 atom stereocenters. The SMILES string of the molecule is CC(C)CCC[C@@H](C)[C@H]1CC[C@H]2[C@H]3[C@H](CC[C@]12C)[C@@]1(C)CC[C@H](O)C[C@@H]1CC3(F)F. The fourth-order valence-corrected chi connectivity index (χ4v) is 9.16. The second-order valence-corrected chi connectivity index (χ2v) is 12.9. The van der Waals surface area contributed by atoms with Crippen molar-refractivity contribution in [3.8, 4) is 0 Å². The average Bonchev–Trinajstić information content (AvgIpc) is 2.99. The van der Waals surface area contributed by atoms with Crippen LogP contribution in [0.5, 0.6) is 0 Å². The first-order chi connectivity index (χ1) is 14.0. The van der Waals surface area contributed by atoms with Crippen LogP contribution in [-0.4, -0.2) is 17.1 Å². The second-order valence-electron chi connectivity index (χ2n) is 12.9. The Balaban J connectivity index is 1.55. The van der Waals surface area contributed by atoms with Crippen LogP contribution in [0.25, 0.3) is 0 Å². The lowest BCUT2D eigenvalue weighted by Crippen LogP contribution is -2.61. The molecule has 0 aliphatic heterocycles. The number of halogens is 2. The molecule has 4 aliphatic rings. The molecule has 4 saturated carbocycles. The summed E-state index contributed by atoms with van der Waals surface area (Å²) in [4.78, 5) is 0. The second kappa shape index (κ2) is 7.99. The molecule has 4 aliphatic carbocycles. The summed E-state index contributed by atoms with van der Waals surface area (Å²) in [5.74, 6) is -0.641. The van der Waals surface area contributed by atoms with Gasteiger partial charge in [0, 0.05) is 12.3 Å². The summed E-state index contributed by atoms with van der Waals surface area (Å²) in [7, 11) is 0. The Hall–Kier alpha value is -0.180. The van der Waals surface area contributed by atoms with Gasteiger partial charge in [0.05, 0.1) is 6.10 Å². The van der Waals surface area contributed by atoms with Crippen molar-refractivity contribution < 1.29 is 13.9 Å². The van der Waals surface area contributed by atoms with Crippen LogP contribution < -0.4 is 0 Å². The molecule has 0 bridgehead atoms. The minimum Gasteiger partial charge on any atom is -0.393 e. The number of hydrogen-bond acceptors (Lipinski definition) is 1. The predicted octanol–water partition coefficient (Wildman–Crippen LogP) is 7.71. The summed E-state index contributed by atoms with van der Waals surface area (Å²) in [6, 6.07) is 0. The molecule has 0 unspecified atom stereocenters. The molecule has 0 spiro atoms. The highest BCUT2D eigenvalue weighted by atomic mass is 19.3. The van der Waals surface area contributed by atoms with Crippen LogP contribution in [0.1, 0.15) is 105 Å². The number of aliphatic hydroxyl groups excluding tert-OH is 1.